The standard InChI is InChI=1S/C19H22O2/c1-12-6-5-7-16(10-12)18(19(20)21)11-17-14(3)8-13(2)9-15(17)4/h5-10,18H,11H2,1-4H3,(H,20,21). The fourth-order valence-electron chi connectivity index (χ4n) is 2.97. The van der Waals surface area contributed by atoms with Gasteiger partial charge in [-0.1, -0.05) is 47.5 Å². The molecule has 0 saturated carbocycles. The van der Waals surface area contributed by atoms with Gasteiger partial charge >= 0.3 is 5.97 Å². The second kappa shape index (κ2) is 6.13. The Morgan fingerprint density at radius 3 is 2.14 bits per heavy atom. The minimum Gasteiger partial charge on any atom is -0.481 e. The first-order chi connectivity index (χ1) is 9.88. The Bertz CT molecular complexity index is 648. The highest BCUT2D eigenvalue weighted by Crippen LogP contribution is 2.26. The molecule has 0 aromatic heterocycles. The van der Waals surface area contributed by atoms with Crippen LogP contribution in [0.15, 0.2) is 36.4 Å². The second-order valence-electron chi connectivity index (χ2n) is 5.89. The molecule has 21 heavy (non-hydrogen) atoms. The van der Waals surface area contributed by atoms with Crippen molar-refractivity contribution in [2.75, 3.05) is 0 Å². The molecular weight excluding hydrogens is 260 g/mol. The Balaban J connectivity index is 2.40. The molecule has 0 radical (unpaired) electrons. The molecule has 0 saturated heterocycles. The van der Waals surface area contributed by atoms with Gasteiger partial charge in [-0.3, -0.25) is 4.79 Å². The van der Waals surface area contributed by atoms with Crippen LogP contribution in [0.3, 0.4) is 0 Å². The molecule has 0 spiro atoms. The van der Waals surface area contributed by atoms with Crippen LogP contribution in [-0.4, -0.2) is 11.1 Å². The van der Waals surface area contributed by atoms with Gasteiger partial charge in [-0.15, -0.1) is 0 Å². The van der Waals surface area contributed by atoms with E-state index in [0.29, 0.717) is 6.42 Å². The van der Waals surface area contributed by atoms with Crippen LogP contribution in [0.1, 0.15) is 39.3 Å². The van der Waals surface area contributed by atoms with Crippen LogP contribution in [0.2, 0.25) is 0 Å². The molecular formula is C19H22O2. The van der Waals surface area contributed by atoms with Gasteiger partial charge in [0.05, 0.1) is 5.92 Å². The van der Waals surface area contributed by atoms with Gasteiger partial charge in [-0.2, -0.15) is 0 Å². The van der Waals surface area contributed by atoms with E-state index in [-0.39, 0.29) is 0 Å². The maximum Gasteiger partial charge on any atom is 0.311 e. The van der Waals surface area contributed by atoms with Crippen molar-refractivity contribution in [1.29, 1.82) is 0 Å². The van der Waals surface area contributed by atoms with Crippen molar-refractivity contribution in [3.05, 3.63) is 69.8 Å². The smallest absolute Gasteiger partial charge is 0.311 e. The van der Waals surface area contributed by atoms with E-state index in [1.807, 2.05) is 31.2 Å². The van der Waals surface area contributed by atoms with Gasteiger partial charge in [0.15, 0.2) is 0 Å². The number of hydrogen-bond acceptors (Lipinski definition) is 1. The van der Waals surface area contributed by atoms with Crippen LogP contribution in [0, 0.1) is 27.7 Å². The zero-order valence-electron chi connectivity index (χ0n) is 13.1. The summed E-state index contributed by atoms with van der Waals surface area (Å²) < 4.78 is 0. The third-order valence-electron chi connectivity index (χ3n) is 3.99. The van der Waals surface area contributed by atoms with Gasteiger partial charge in [0.2, 0.25) is 0 Å². The summed E-state index contributed by atoms with van der Waals surface area (Å²) in [6.07, 6.45) is 0.538. The molecule has 0 aliphatic carbocycles. The largest absolute Gasteiger partial charge is 0.481 e. The lowest BCUT2D eigenvalue weighted by atomic mass is 9.87. The van der Waals surface area contributed by atoms with Crippen molar-refractivity contribution in [3.63, 3.8) is 0 Å². The van der Waals surface area contributed by atoms with Gasteiger partial charge in [0.1, 0.15) is 0 Å². The van der Waals surface area contributed by atoms with Crippen molar-refractivity contribution in [1.82, 2.24) is 0 Å². The summed E-state index contributed by atoms with van der Waals surface area (Å²) in [5, 5.41) is 9.62. The Labute approximate surface area is 126 Å². The highest BCUT2D eigenvalue weighted by Gasteiger charge is 2.22. The third kappa shape index (κ3) is 3.52. The van der Waals surface area contributed by atoms with E-state index in [2.05, 4.69) is 32.9 Å². The molecule has 2 nitrogen and oxygen atoms in total. The van der Waals surface area contributed by atoms with E-state index in [4.69, 9.17) is 0 Å². The molecule has 110 valence electrons. The summed E-state index contributed by atoms with van der Waals surface area (Å²) in [6.45, 7) is 8.18. The van der Waals surface area contributed by atoms with Gasteiger partial charge in [0.25, 0.3) is 0 Å². The molecule has 1 atom stereocenters. The van der Waals surface area contributed by atoms with Crippen LogP contribution in [0.5, 0.6) is 0 Å². The quantitative estimate of drug-likeness (QED) is 0.906. The summed E-state index contributed by atoms with van der Waals surface area (Å²) in [6, 6.07) is 12.0. The predicted molar refractivity (Wildman–Crippen MR) is 85.9 cm³/mol. The number of aliphatic carboxylic acids is 1. The molecule has 2 aromatic carbocycles. The summed E-state index contributed by atoms with van der Waals surface area (Å²) in [4.78, 5) is 11.7. The Morgan fingerprint density at radius 1 is 1.00 bits per heavy atom. The highest BCUT2D eigenvalue weighted by molar-refractivity contribution is 5.76. The lowest BCUT2D eigenvalue weighted by Gasteiger charge is -2.17. The van der Waals surface area contributed by atoms with Gasteiger partial charge < -0.3 is 5.11 Å². The molecule has 2 heteroatoms. The first-order valence-electron chi connectivity index (χ1n) is 7.24. The topological polar surface area (TPSA) is 37.3 Å². The lowest BCUT2D eigenvalue weighted by Crippen LogP contribution is -2.16. The molecule has 1 unspecified atom stereocenters. The van der Waals surface area contributed by atoms with Crippen molar-refractivity contribution in [2.45, 2.75) is 40.0 Å². The first kappa shape index (κ1) is 15.3. The summed E-state index contributed by atoms with van der Waals surface area (Å²) in [5.74, 6) is -1.26. The number of hydrogen-bond donors (Lipinski definition) is 1. The first-order valence-corrected chi connectivity index (χ1v) is 7.24. The van der Waals surface area contributed by atoms with Crippen molar-refractivity contribution >= 4 is 5.97 Å². The van der Waals surface area contributed by atoms with Crippen LogP contribution < -0.4 is 0 Å². The van der Waals surface area contributed by atoms with Crippen molar-refractivity contribution in [2.24, 2.45) is 0 Å². The summed E-state index contributed by atoms with van der Waals surface area (Å²) in [7, 11) is 0. The van der Waals surface area contributed by atoms with E-state index < -0.39 is 11.9 Å². The average molecular weight is 282 g/mol. The number of carboxylic acids is 1. The normalized spacial score (nSPS) is 12.2. The number of aryl methyl sites for hydroxylation is 4. The maximum atomic E-state index is 11.7. The minimum absolute atomic E-state index is 0.495. The van der Waals surface area contributed by atoms with Crippen LogP contribution in [0.25, 0.3) is 0 Å². The molecule has 0 amide bonds. The van der Waals surface area contributed by atoms with E-state index in [9.17, 15) is 9.90 Å². The molecule has 0 bridgehead atoms. The van der Waals surface area contributed by atoms with Gasteiger partial charge in [-0.05, 0) is 56.4 Å². The number of carboxylic acid groups (broad SMARTS) is 1. The second-order valence-corrected chi connectivity index (χ2v) is 5.89. The van der Waals surface area contributed by atoms with Crippen LogP contribution >= 0.6 is 0 Å². The van der Waals surface area contributed by atoms with Crippen LogP contribution in [-0.2, 0) is 11.2 Å². The molecule has 0 aliphatic heterocycles. The monoisotopic (exact) mass is 282 g/mol. The molecule has 2 rings (SSSR count). The average Bonchev–Trinajstić information content (AvgIpc) is 2.37. The summed E-state index contributed by atoms with van der Waals surface area (Å²) in [5.41, 5.74) is 6.68. The van der Waals surface area contributed by atoms with Gasteiger partial charge in [-0.25, -0.2) is 0 Å². The minimum atomic E-state index is -0.764. The molecule has 0 fully saturated rings. The van der Waals surface area contributed by atoms with E-state index in [0.717, 1.165) is 16.7 Å². The Hall–Kier alpha value is -2.09. The maximum absolute atomic E-state index is 11.7. The van der Waals surface area contributed by atoms with Crippen LogP contribution in [0.4, 0.5) is 0 Å². The Kier molecular flexibility index (Phi) is 4.46. The SMILES string of the molecule is Cc1cccc(C(Cc2c(C)cc(C)cc2C)C(=O)O)c1. The van der Waals surface area contributed by atoms with E-state index >= 15 is 0 Å². The fourth-order valence-corrected chi connectivity index (χ4v) is 2.97. The van der Waals surface area contributed by atoms with Gasteiger partial charge in [0, 0.05) is 0 Å². The van der Waals surface area contributed by atoms with Crippen molar-refractivity contribution in [3.8, 4) is 0 Å². The Morgan fingerprint density at radius 2 is 1.62 bits per heavy atom. The predicted octanol–water partition coefficient (Wildman–Crippen LogP) is 4.33. The number of carbonyl (C=O) groups is 1. The third-order valence-corrected chi connectivity index (χ3v) is 3.99. The fraction of sp³-hybridized carbons (Fsp3) is 0.316. The molecule has 1 N–H and O–H groups in total. The summed E-state index contributed by atoms with van der Waals surface area (Å²) >= 11 is 0. The number of rotatable bonds is 4. The molecule has 0 aliphatic rings. The molecule has 2 aromatic rings. The molecule has 0 heterocycles. The number of benzene rings is 2. The zero-order chi connectivity index (χ0) is 15.6. The van der Waals surface area contributed by atoms with E-state index in [1.54, 1.807) is 0 Å². The highest BCUT2D eigenvalue weighted by atomic mass is 16.4. The zero-order valence-corrected chi connectivity index (χ0v) is 13.1. The van der Waals surface area contributed by atoms with E-state index in [1.165, 1.54) is 16.7 Å². The van der Waals surface area contributed by atoms with Crippen molar-refractivity contribution < 1.29 is 9.90 Å². The lowest BCUT2D eigenvalue weighted by molar-refractivity contribution is -0.138.